The fourth-order valence-electron chi connectivity index (χ4n) is 5.44. The van der Waals surface area contributed by atoms with E-state index in [0.717, 1.165) is 0 Å². The number of unbranched alkanes of at least 4 members (excludes halogenated alkanes) is 1. The first kappa shape index (κ1) is 33.6. The zero-order valence-electron chi connectivity index (χ0n) is 28.6. The van der Waals surface area contributed by atoms with Gasteiger partial charge in [-0.15, -0.1) is 20.4 Å². The molecule has 6 aromatic heterocycles. The maximum absolute atomic E-state index is 12.9. The molecule has 0 atom stereocenters. The van der Waals surface area contributed by atoms with Crippen molar-refractivity contribution in [1.29, 1.82) is 0 Å². The maximum atomic E-state index is 12.9. The predicted octanol–water partition coefficient (Wildman–Crippen LogP) is 4.23. The van der Waals surface area contributed by atoms with Crippen LogP contribution in [-0.4, -0.2) is 76.9 Å². The Balaban J connectivity index is 0.924. The summed E-state index contributed by atoms with van der Waals surface area (Å²) in [5.41, 5.74) is 0.0304. The van der Waals surface area contributed by atoms with Gasteiger partial charge in [0.25, 0.3) is 11.8 Å². The summed E-state index contributed by atoms with van der Waals surface area (Å²) in [5.74, 6) is 2.60. The highest BCUT2D eigenvalue weighted by molar-refractivity contribution is 5.83. The van der Waals surface area contributed by atoms with Crippen molar-refractivity contribution in [3.63, 3.8) is 0 Å². The average Bonchev–Trinajstić information content (AvgIpc) is 3.95. The SMILES string of the molecule is COc1cc2c(=O)oc(-c3ccc(-n4ccnc4)nn3)nc2cc1OCCCCOc1cc2nc(-c3ccc(-n4ccnc4)nn3)oc(=O)c2cc1OC. The third kappa shape index (κ3) is 6.77. The average molecular weight is 729 g/mol. The van der Waals surface area contributed by atoms with Gasteiger partial charge in [0.1, 0.15) is 24.0 Å². The molecule has 0 bridgehead atoms. The maximum Gasteiger partial charge on any atom is 0.347 e. The Morgan fingerprint density at radius 1 is 0.593 bits per heavy atom. The molecule has 0 saturated heterocycles. The van der Waals surface area contributed by atoms with E-state index in [1.54, 1.807) is 83.0 Å². The molecule has 0 amide bonds. The van der Waals surface area contributed by atoms with Crippen molar-refractivity contribution in [2.45, 2.75) is 12.8 Å². The molecule has 8 rings (SSSR count). The van der Waals surface area contributed by atoms with Crippen molar-refractivity contribution in [2.24, 2.45) is 0 Å². The van der Waals surface area contributed by atoms with Crippen LogP contribution in [0.15, 0.2) is 104 Å². The van der Waals surface area contributed by atoms with Crippen LogP contribution in [0.4, 0.5) is 0 Å². The van der Waals surface area contributed by atoms with E-state index in [2.05, 4.69) is 40.3 Å². The minimum absolute atomic E-state index is 0.00999. The van der Waals surface area contributed by atoms with Crippen molar-refractivity contribution in [3.05, 3.63) is 107 Å². The fraction of sp³-hybridized carbons (Fsp3) is 0.167. The normalized spacial score (nSPS) is 11.2. The van der Waals surface area contributed by atoms with Crippen LogP contribution in [0, 0.1) is 0 Å². The second kappa shape index (κ2) is 14.6. The molecule has 0 unspecified atom stereocenters. The quantitative estimate of drug-likeness (QED) is 0.152. The Morgan fingerprint density at radius 3 is 1.43 bits per heavy atom. The van der Waals surface area contributed by atoms with E-state index in [0.29, 0.717) is 71.7 Å². The van der Waals surface area contributed by atoms with Gasteiger partial charge >= 0.3 is 11.3 Å². The number of imidazole rings is 2. The lowest BCUT2D eigenvalue weighted by molar-refractivity contribution is 0.252. The molecular formula is C36H28N10O8. The van der Waals surface area contributed by atoms with E-state index < -0.39 is 11.3 Å². The zero-order valence-corrected chi connectivity index (χ0v) is 28.6. The fourth-order valence-corrected chi connectivity index (χ4v) is 5.44. The third-order valence-electron chi connectivity index (χ3n) is 8.16. The predicted molar refractivity (Wildman–Crippen MR) is 190 cm³/mol. The summed E-state index contributed by atoms with van der Waals surface area (Å²) in [6.07, 6.45) is 11.1. The van der Waals surface area contributed by atoms with Gasteiger partial charge < -0.3 is 27.8 Å². The van der Waals surface area contributed by atoms with Gasteiger partial charge in [-0.1, -0.05) is 0 Å². The van der Waals surface area contributed by atoms with E-state index >= 15 is 0 Å². The molecule has 0 aliphatic heterocycles. The van der Waals surface area contributed by atoms with Gasteiger partial charge in [0.2, 0.25) is 0 Å². The molecule has 0 aliphatic rings. The lowest BCUT2D eigenvalue weighted by Gasteiger charge is -2.13. The first-order chi connectivity index (χ1) is 26.5. The molecule has 0 radical (unpaired) electrons. The first-order valence-corrected chi connectivity index (χ1v) is 16.4. The Labute approximate surface area is 303 Å². The minimum atomic E-state index is -0.608. The first-order valence-electron chi connectivity index (χ1n) is 16.4. The summed E-state index contributed by atoms with van der Waals surface area (Å²) in [6.45, 7) is 0.615. The lowest BCUT2D eigenvalue weighted by atomic mass is 10.2. The van der Waals surface area contributed by atoms with Crippen molar-refractivity contribution < 1.29 is 27.8 Å². The standard InChI is InChI=1S/C36H28N10O8/c1-49-27-15-21-25(39-33(53-35(21)47)23-5-7-31(43-41-23)45-11-9-37-19-45)17-29(27)51-13-3-4-14-52-30-18-26-22(16-28(30)50-2)36(48)54-34(40-26)24-6-8-32(44-42-24)46-12-10-38-20-46/h5-12,15-20H,3-4,13-14H2,1-2H3. The number of benzene rings is 2. The van der Waals surface area contributed by atoms with E-state index in [4.69, 9.17) is 27.8 Å². The number of methoxy groups -OCH3 is 2. The van der Waals surface area contributed by atoms with Crippen molar-refractivity contribution in [1.82, 2.24) is 49.5 Å². The van der Waals surface area contributed by atoms with Crippen molar-refractivity contribution >= 4 is 21.8 Å². The van der Waals surface area contributed by atoms with Crippen LogP contribution in [0.25, 0.3) is 56.6 Å². The molecule has 6 heterocycles. The molecule has 18 nitrogen and oxygen atoms in total. The second-order valence-electron chi connectivity index (χ2n) is 11.6. The topological polar surface area (TPSA) is 210 Å². The van der Waals surface area contributed by atoms with E-state index in [-0.39, 0.29) is 33.9 Å². The van der Waals surface area contributed by atoms with Crippen LogP contribution < -0.4 is 30.2 Å². The smallest absolute Gasteiger partial charge is 0.347 e. The van der Waals surface area contributed by atoms with Gasteiger partial charge in [-0.25, -0.2) is 29.5 Å². The highest BCUT2D eigenvalue weighted by Gasteiger charge is 2.17. The molecule has 0 aliphatic carbocycles. The summed E-state index contributed by atoms with van der Waals surface area (Å²) in [5, 5.41) is 17.1. The Hall–Kier alpha value is -7.50. The van der Waals surface area contributed by atoms with Gasteiger partial charge in [0.15, 0.2) is 34.6 Å². The molecule has 0 fully saturated rings. The molecule has 54 heavy (non-hydrogen) atoms. The van der Waals surface area contributed by atoms with Gasteiger partial charge in [0, 0.05) is 49.1 Å². The highest BCUT2D eigenvalue weighted by atomic mass is 16.5. The van der Waals surface area contributed by atoms with Gasteiger partial charge in [0.05, 0.1) is 49.2 Å². The van der Waals surface area contributed by atoms with Gasteiger partial charge in [-0.2, -0.15) is 0 Å². The summed E-state index contributed by atoms with van der Waals surface area (Å²) in [4.78, 5) is 42.8. The summed E-state index contributed by atoms with van der Waals surface area (Å²) in [7, 11) is 2.96. The Bertz CT molecular complexity index is 2490. The number of hydrogen-bond acceptors (Lipinski definition) is 16. The molecule has 270 valence electrons. The number of ether oxygens (including phenoxy) is 4. The summed E-state index contributed by atoms with van der Waals surface area (Å²) < 4.78 is 37.4. The van der Waals surface area contributed by atoms with Crippen LogP contribution in [-0.2, 0) is 0 Å². The number of hydrogen-bond donors (Lipinski definition) is 0. The minimum Gasteiger partial charge on any atom is -0.493 e. The highest BCUT2D eigenvalue weighted by Crippen LogP contribution is 2.33. The Morgan fingerprint density at radius 2 is 1.06 bits per heavy atom. The zero-order chi connectivity index (χ0) is 37.0. The molecular weight excluding hydrogens is 700 g/mol. The molecule has 8 aromatic rings. The number of rotatable bonds is 13. The van der Waals surface area contributed by atoms with E-state index in [1.807, 2.05) is 0 Å². The molecule has 0 saturated carbocycles. The molecule has 18 heteroatoms. The number of aromatic nitrogens is 10. The van der Waals surface area contributed by atoms with Crippen molar-refractivity contribution in [2.75, 3.05) is 27.4 Å². The lowest BCUT2D eigenvalue weighted by Crippen LogP contribution is -2.08. The summed E-state index contributed by atoms with van der Waals surface area (Å²) >= 11 is 0. The molecule has 0 spiro atoms. The van der Waals surface area contributed by atoms with Crippen LogP contribution in [0.1, 0.15) is 12.8 Å². The molecule has 0 N–H and O–H groups in total. The monoisotopic (exact) mass is 728 g/mol. The Kier molecular flexibility index (Phi) is 9.11. The van der Waals surface area contributed by atoms with Crippen LogP contribution in [0.5, 0.6) is 23.0 Å². The van der Waals surface area contributed by atoms with Gasteiger partial charge in [-0.05, 0) is 37.1 Å². The van der Waals surface area contributed by atoms with Crippen LogP contribution in [0.3, 0.4) is 0 Å². The number of fused-ring (bicyclic) bond motifs is 2. The largest absolute Gasteiger partial charge is 0.493 e. The van der Waals surface area contributed by atoms with E-state index in [1.165, 1.54) is 26.4 Å². The van der Waals surface area contributed by atoms with E-state index in [9.17, 15) is 9.59 Å². The second-order valence-corrected chi connectivity index (χ2v) is 11.6. The molecule has 2 aromatic carbocycles. The van der Waals surface area contributed by atoms with Crippen LogP contribution in [0.2, 0.25) is 0 Å². The third-order valence-corrected chi connectivity index (χ3v) is 8.16. The van der Waals surface area contributed by atoms with Gasteiger partial charge in [-0.3, -0.25) is 9.13 Å². The van der Waals surface area contributed by atoms with Crippen LogP contribution >= 0.6 is 0 Å². The number of nitrogens with zero attached hydrogens (tertiary/aromatic N) is 10. The summed E-state index contributed by atoms with van der Waals surface area (Å²) in [6, 6.07) is 13.0. The van der Waals surface area contributed by atoms with Crippen molar-refractivity contribution in [3.8, 4) is 57.8 Å².